The molecule has 0 fully saturated rings. The lowest BCUT2D eigenvalue weighted by Crippen LogP contribution is -2.52. The molecule has 0 saturated heterocycles. The molecule has 410 valence electrons. The number of aryl methyl sites for hydroxylation is 1. The maximum atomic E-state index is 12.2. The molecule has 0 aliphatic heterocycles. The zero-order valence-corrected chi connectivity index (χ0v) is 49.0. The molecule has 6 rings (SSSR count). The van der Waals surface area contributed by atoms with Gasteiger partial charge in [0.1, 0.15) is 32.0 Å². The Morgan fingerprint density at radius 2 is 1.04 bits per heavy atom. The molecule has 2 atom stereocenters. The first-order chi connectivity index (χ1) is 34.8. The molecule has 0 aliphatic rings. The number of pyridine rings is 4. The Morgan fingerprint density at radius 3 is 1.45 bits per heavy atom. The zero-order chi connectivity index (χ0) is 54.2. The van der Waals surface area contributed by atoms with Crippen molar-refractivity contribution in [1.29, 1.82) is 0 Å². The standard InChI is InChI=1S/C51H55Br2N5O14S2.2H2S/c1-30-35(26-71-46-42(52)17-34(13-14-50(3,28-59)48(61)62)44(57-46)69-24-32-15-38(22-54-19-32)73(5,65)66)9-7-11-40(30)41-12-8-10-36(31(41)2)27-72-47-43(53)18-37(21-56-51(4,29-60)49(63)64)45(58-47)70-25-33-16-39(23-55-20-33)74(6,67)68;;/h7-12,15-20,22-23,56,59-60H,13-14,21,24-29H2,1-6H3,(H,61,62)(H,63,64);2*1H2/t50-,51-;;/m0../s1. The number of sulfone groups is 2. The molecule has 19 nitrogen and oxygen atoms in total. The van der Waals surface area contributed by atoms with Crippen LogP contribution >= 0.6 is 58.9 Å². The summed E-state index contributed by atoms with van der Waals surface area (Å²) in [5.74, 6) is -1.92. The molecule has 0 aliphatic carbocycles. The quantitative estimate of drug-likeness (QED) is 0.0374. The van der Waals surface area contributed by atoms with Crippen LogP contribution in [0.25, 0.3) is 11.1 Å². The van der Waals surface area contributed by atoms with Crippen molar-refractivity contribution in [2.75, 3.05) is 25.7 Å². The second-order valence-corrected chi connectivity index (χ2v) is 23.8. The summed E-state index contributed by atoms with van der Waals surface area (Å²) in [6.07, 6.45) is 7.75. The maximum absolute atomic E-state index is 12.2. The number of halogens is 2. The summed E-state index contributed by atoms with van der Waals surface area (Å²) in [5.41, 5.74) is 4.05. The fraction of sp³-hybridized carbons (Fsp3) is 0.333. The molecule has 0 amide bonds. The first-order valence-electron chi connectivity index (χ1n) is 22.6. The molecule has 4 aromatic heterocycles. The molecule has 0 saturated carbocycles. The molecule has 6 aromatic rings. The predicted molar refractivity (Wildman–Crippen MR) is 299 cm³/mol. The second kappa shape index (κ2) is 26.8. The van der Waals surface area contributed by atoms with E-state index in [1.165, 1.54) is 50.8 Å². The van der Waals surface area contributed by atoms with Gasteiger partial charge in [0.15, 0.2) is 19.7 Å². The van der Waals surface area contributed by atoms with Crippen LogP contribution in [0.2, 0.25) is 0 Å². The van der Waals surface area contributed by atoms with Crippen molar-refractivity contribution in [1.82, 2.24) is 25.3 Å². The van der Waals surface area contributed by atoms with Crippen LogP contribution < -0.4 is 24.3 Å². The molecule has 0 unspecified atom stereocenters. The van der Waals surface area contributed by atoms with Crippen LogP contribution in [0.1, 0.15) is 64.8 Å². The van der Waals surface area contributed by atoms with E-state index in [-0.39, 0.29) is 106 Å². The van der Waals surface area contributed by atoms with Crippen LogP contribution in [0, 0.1) is 19.3 Å². The molecule has 25 heteroatoms. The van der Waals surface area contributed by atoms with E-state index in [0.717, 1.165) is 45.9 Å². The molecule has 4 heterocycles. The monoisotopic (exact) mass is 1250 g/mol. The fourth-order valence-corrected chi connectivity index (χ4v) is 9.44. The Hall–Kier alpha value is -5.38. The summed E-state index contributed by atoms with van der Waals surface area (Å²) in [7, 11) is -7.11. The number of aromatic nitrogens is 4. The van der Waals surface area contributed by atoms with Gasteiger partial charge in [-0.1, -0.05) is 36.4 Å². The zero-order valence-electron chi connectivity index (χ0n) is 42.2. The van der Waals surface area contributed by atoms with Gasteiger partial charge in [-0.05, 0) is 130 Å². The van der Waals surface area contributed by atoms with Crippen molar-refractivity contribution in [3.8, 4) is 34.6 Å². The largest absolute Gasteiger partial charge is 0.481 e. The minimum Gasteiger partial charge on any atom is -0.481 e. The van der Waals surface area contributed by atoms with E-state index in [1.54, 1.807) is 12.1 Å². The number of aliphatic carboxylic acids is 2. The molecule has 0 bridgehead atoms. The third-order valence-electron chi connectivity index (χ3n) is 12.3. The van der Waals surface area contributed by atoms with E-state index in [2.05, 4.69) is 57.1 Å². The van der Waals surface area contributed by atoms with Gasteiger partial charge >= 0.3 is 11.9 Å². The molecular weight excluding hydrogens is 1190 g/mol. The number of carbonyl (C=O) groups is 2. The van der Waals surface area contributed by atoms with Crippen LogP contribution in [0.5, 0.6) is 23.5 Å². The number of rotatable bonds is 25. The Balaban J connectivity index is 0.00000624. The minimum atomic E-state index is -3.56. The van der Waals surface area contributed by atoms with Crippen molar-refractivity contribution in [3.05, 3.63) is 139 Å². The van der Waals surface area contributed by atoms with Crippen LogP contribution in [-0.4, -0.2) is 100 Å². The molecular formula is C51H59Br2N5O14S4. The van der Waals surface area contributed by atoms with Gasteiger partial charge in [-0.25, -0.2) is 16.8 Å². The van der Waals surface area contributed by atoms with E-state index >= 15 is 0 Å². The Labute approximate surface area is 471 Å². The average Bonchev–Trinajstić information content (AvgIpc) is 3.36. The van der Waals surface area contributed by atoms with Crippen molar-refractivity contribution < 1.29 is 65.8 Å². The third-order valence-corrected chi connectivity index (χ3v) is 15.6. The molecule has 0 spiro atoms. The van der Waals surface area contributed by atoms with Crippen molar-refractivity contribution in [2.24, 2.45) is 5.41 Å². The Morgan fingerprint density at radius 1 is 0.605 bits per heavy atom. The highest BCUT2D eigenvalue weighted by Crippen LogP contribution is 2.36. The van der Waals surface area contributed by atoms with Crippen LogP contribution in [0.4, 0.5) is 0 Å². The van der Waals surface area contributed by atoms with E-state index in [4.69, 9.17) is 18.9 Å². The number of benzene rings is 2. The number of aliphatic hydroxyl groups excluding tert-OH is 2. The molecule has 0 radical (unpaired) electrons. The number of carboxylic acids is 2. The number of aliphatic hydroxyl groups is 2. The summed E-state index contributed by atoms with van der Waals surface area (Å²) in [5, 5.41) is 42.2. The number of carboxylic acid groups (broad SMARTS) is 2. The highest BCUT2D eigenvalue weighted by atomic mass is 79.9. The summed E-state index contributed by atoms with van der Waals surface area (Å²) < 4.78 is 74.6. The normalized spacial score (nSPS) is 13.0. The van der Waals surface area contributed by atoms with Gasteiger partial charge in [0.05, 0.1) is 37.4 Å². The first kappa shape index (κ1) is 63.2. The van der Waals surface area contributed by atoms with Crippen molar-refractivity contribution >= 4 is 90.5 Å². The number of hydrogen-bond acceptors (Lipinski definition) is 17. The maximum Gasteiger partial charge on any atom is 0.326 e. The summed E-state index contributed by atoms with van der Waals surface area (Å²) >= 11 is 7.10. The lowest BCUT2D eigenvalue weighted by atomic mass is 9.85. The van der Waals surface area contributed by atoms with Gasteiger partial charge < -0.3 is 39.4 Å². The van der Waals surface area contributed by atoms with E-state index in [9.17, 15) is 46.9 Å². The third kappa shape index (κ3) is 15.9. The number of nitrogens with zero attached hydrogens (tertiary/aromatic N) is 4. The number of hydrogen-bond donors (Lipinski definition) is 5. The summed E-state index contributed by atoms with van der Waals surface area (Å²) in [4.78, 5) is 41.4. The lowest BCUT2D eigenvalue weighted by Gasteiger charge is -2.24. The predicted octanol–water partition coefficient (Wildman–Crippen LogP) is 7.37. The SMILES string of the molecule is Cc1c(COc2nc(OCc3cncc(S(C)(=O)=O)c3)c(CC[C@@](C)(CO)C(=O)O)cc2Br)cccc1-c1cccc(COc2nc(OCc3cncc(S(C)(=O)=O)c3)c(CN[C@@](C)(CO)C(=O)O)cc2Br)c1C.S.S. The fourth-order valence-electron chi connectivity index (χ4n) is 7.25. The second-order valence-electron chi connectivity index (χ2n) is 18.1. The van der Waals surface area contributed by atoms with Gasteiger partial charge in [-0.3, -0.25) is 24.9 Å². The van der Waals surface area contributed by atoms with Gasteiger partial charge in [0.2, 0.25) is 23.5 Å². The smallest absolute Gasteiger partial charge is 0.326 e. The van der Waals surface area contributed by atoms with Gasteiger partial charge in [-0.15, -0.1) is 0 Å². The van der Waals surface area contributed by atoms with Gasteiger partial charge in [0, 0.05) is 66.1 Å². The van der Waals surface area contributed by atoms with E-state index in [0.29, 0.717) is 31.2 Å². The Kier molecular flexibility index (Phi) is 22.3. The highest BCUT2D eigenvalue weighted by molar-refractivity contribution is 9.11. The average molecular weight is 1250 g/mol. The topological polar surface area (TPSA) is 284 Å². The minimum absolute atomic E-state index is 0. The van der Waals surface area contributed by atoms with E-state index in [1.807, 2.05) is 50.2 Å². The van der Waals surface area contributed by atoms with Gasteiger partial charge in [-0.2, -0.15) is 37.0 Å². The lowest BCUT2D eigenvalue weighted by molar-refractivity contribution is -0.150. The Bertz CT molecular complexity index is 3090. The van der Waals surface area contributed by atoms with Gasteiger partial charge in [0.25, 0.3) is 0 Å². The van der Waals surface area contributed by atoms with Crippen LogP contribution in [0.15, 0.2) is 104 Å². The van der Waals surface area contributed by atoms with Crippen molar-refractivity contribution in [3.63, 3.8) is 0 Å². The molecule has 2 aromatic carbocycles. The molecule has 5 N–H and O–H groups in total. The summed E-state index contributed by atoms with van der Waals surface area (Å²) in [6, 6.07) is 17.9. The van der Waals surface area contributed by atoms with Crippen molar-refractivity contribution in [2.45, 2.75) is 88.8 Å². The van der Waals surface area contributed by atoms with Crippen LogP contribution in [-0.2, 0) is 68.7 Å². The first-order valence-corrected chi connectivity index (χ1v) is 28.0. The number of nitrogens with one attached hydrogen (secondary N) is 1. The summed E-state index contributed by atoms with van der Waals surface area (Å²) in [6.45, 7) is 5.26. The number of ether oxygens (including phenoxy) is 4. The highest BCUT2D eigenvalue weighted by Gasteiger charge is 2.34. The van der Waals surface area contributed by atoms with E-state index < -0.39 is 55.8 Å². The molecule has 76 heavy (non-hydrogen) atoms. The van der Waals surface area contributed by atoms with Crippen LogP contribution in [0.3, 0.4) is 0 Å².